The number of fused-ring (bicyclic) bond motifs is 1. The molecule has 0 radical (unpaired) electrons. The number of benzene rings is 1. The van der Waals surface area contributed by atoms with Gasteiger partial charge in [0.1, 0.15) is 5.82 Å². The molecule has 1 aromatic rings. The van der Waals surface area contributed by atoms with Gasteiger partial charge in [-0.3, -0.25) is 4.90 Å². The molecule has 1 fully saturated rings. The summed E-state index contributed by atoms with van der Waals surface area (Å²) in [5.74, 6) is 0.719. The van der Waals surface area contributed by atoms with Gasteiger partial charge in [-0.25, -0.2) is 4.39 Å². The van der Waals surface area contributed by atoms with E-state index in [9.17, 15) is 4.39 Å². The van der Waals surface area contributed by atoms with Gasteiger partial charge in [0.2, 0.25) is 0 Å². The van der Waals surface area contributed by atoms with Gasteiger partial charge in [0.05, 0.1) is 0 Å². The van der Waals surface area contributed by atoms with Gasteiger partial charge in [0.15, 0.2) is 0 Å². The van der Waals surface area contributed by atoms with Gasteiger partial charge in [-0.2, -0.15) is 0 Å². The van der Waals surface area contributed by atoms with E-state index in [1.807, 2.05) is 6.07 Å². The second kappa shape index (κ2) is 6.45. The molecule has 1 heterocycles. The normalized spacial score (nSPS) is 25.6. The fraction of sp³-hybridized carbons (Fsp3) is 0.667. The molecule has 0 saturated carbocycles. The summed E-state index contributed by atoms with van der Waals surface area (Å²) in [5, 5.41) is 3.51. The molecule has 1 N–H and O–H groups in total. The highest BCUT2D eigenvalue weighted by molar-refractivity contribution is 5.35. The number of piperidine rings is 1. The molecule has 2 atom stereocenters. The molecule has 2 unspecified atom stereocenters. The number of nitrogens with zero attached hydrogens (tertiary/aromatic N) is 1. The Morgan fingerprint density at radius 3 is 2.90 bits per heavy atom. The van der Waals surface area contributed by atoms with E-state index in [0.717, 1.165) is 44.0 Å². The van der Waals surface area contributed by atoms with Crippen molar-refractivity contribution in [2.24, 2.45) is 5.92 Å². The van der Waals surface area contributed by atoms with Crippen LogP contribution in [0.3, 0.4) is 0 Å². The highest BCUT2D eigenvalue weighted by atomic mass is 19.1. The Labute approximate surface area is 127 Å². The van der Waals surface area contributed by atoms with E-state index in [0.29, 0.717) is 12.1 Å². The molecule has 0 amide bonds. The van der Waals surface area contributed by atoms with Crippen molar-refractivity contribution < 1.29 is 4.39 Å². The molecule has 3 rings (SSSR count). The van der Waals surface area contributed by atoms with Crippen molar-refractivity contribution >= 4 is 0 Å². The molecule has 116 valence electrons. The summed E-state index contributed by atoms with van der Waals surface area (Å²) in [6.45, 7) is 7.97. The quantitative estimate of drug-likeness (QED) is 0.912. The number of rotatable bonds is 4. The third-order valence-corrected chi connectivity index (χ3v) is 5.11. The van der Waals surface area contributed by atoms with Gasteiger partial charge in [0.25, 0.3) is 0 Å². The average Bonchev–Trinajstić information content (AvgIpc) is 2.91. The first kappa shape index (κ1) is 15.0. The van der Waals surface area contributed by atoms with E-state index in [2.05, 4.69) is 30.1 Å². The zero-order valence-electron chi connectivity index (χ0n) is 13.2. The van der Waals surface area contributed by atoms with Crippen LogP contribution in [0.25, 0.3) is 0 Å². The molecule has 1 aliphatic heterocycles. The zero-order valence-corrected chi connectivity index (χ0v) is 13.2. The van der Waals surface area contributed by atoms with E-state index in [1.165, 1.54) is 18.4 Å². The number of halogens is 1. The van der Waals surface area contributed by atoms with Crippen LogP contribution in [0.15, 0.2) is 18.2 Å². The van der Waals surface area contributed by atoms with Crippen LogP contribution in [-0.2, 0) is 6.42 Å². The Balaban J connectivity index is 1.78. The van der Waals surface area contributed by atoms with Crippen LogP contribution in [0.1, 0.15) is 50.3 Å². The van der Waals surface area contributed by atoms with E-state index >= 15 is 0 Å². The minimum absolute atomic E-state index is 0.0157. The average molecular weight is 290 g/mol. The van der Waals surface area contributed by atoms with Gasteiger partial charge in [-0.05, 0) is 75.7 Å². The maximum Gasteiger partial charge on any atom is 0.126 e. The number of nitrogens with one attached hydrogen (secondary N) is 1. The maximum atomic E-state index is 14.0. The van der Waals surface area contributed by atoms with Crippen LogP contribution in [0.2, 0.25) is 0 Å². The van der Waals surface area contributed by atoms with Gasteiger partial charge in [-0.1, -0.05) is 12.1 Å². The zero-order chi connectivity index (χ0) is 14.8. The highest BCUT2D eigenvalue weighted by Crippen LogP contribution is 2.38. The Morgan fingerprint density at radius 2 is 2.19 bits per heavy atom. The monoisotopic (exact) mass is 290 g/mol. The lowest BCUT2D eigenvalue weighted by Crippen LogP contribution is -2.42. The van der Waals surface area contributed by atoms with Crippen molar-refractivity contribution in [1.29, 1.82) is 0 Å². The molecule has 2 nitrogen and oxygen atoms in total. The summed E-state index contributed by atoms with van der Waals surface area (Å²) in [4.78, 5) is 2.60. The van der Waals surface area contributed by atoms with Crippen LogP contribution in [-0.4, -0.2) is 30.6 Å². The van der Waals surface area contributed by atoms with Crippen molar-refractivity contribution in [2.75, 3.05) is 19.6 Å². The van der Waals surface area contributed by atoms with Crippen molar-refractivity contribution in [3.8, 4) is 0 Å². The van der Waals surface area contributed by atoms with Gasteiger partial charge >= 0.3 is 0 Å². The highest BCUT2D eigenvalue weighted by Gasteiger charge is 2.32. The molecular formula is C18H27FN2. The van der Waals surface area contributed by atoms with E-state index in [-0.39, 0.29) is 5.82 Å². The smallest absolute Gasteiger partial charge is 0.126 e. The second-order valence-electron chi connectivity index (χ2n) is 6.87. The Morgan fingerprint density at radius 1 is 1.33 bits per heavy atom. The molecule has 1 aromatic carbocycles. The summed E-state index contributed by atoms with van der Waals surface area (Å²) in [6.07, 6.45) is 4.55. The molecule has 0 aromatic heterocycles. The lowest BCUT2D eigenvalue weighted by Gasteiger charge is -2.37. The summed E-state index contributed by atoms with van der Waals surface area (Å²) in [7, 11) is 0. The Hall–Kier alpha value is -0.930. The maximum absolute atomic E-state index is 14.0. The van der Waals surface area contributed by atoms with Crippen molar-refractivity contribution in [2.45, 2.75) is 51.6 Å². The summed E-state index contributed by atoms with van der Waals surface area (Å²) < 4.78 is 14.0. The second-order valence-corrected chi connectivity index (χ2v) is 6.87. The standard InChI is InChI=1S/C18H27FN2/c1-13(2)21(12-14-5-4-10-20-11-14)18-9-8-15-16(18)6-3-7-17(15)19/h3,6-7,13-14,18,20H,4-5,8-12H2,1-2H3. The summed E-state index contributed by atoms with van der Waals surface area (Å²) in [6, 6.07) is 6.51. The first-order chi connectivity index (χ1) is 10.2. The van der Waals surface area contributed by atoms with Crippen LogP contribution in [0.4, 0.5) is 4.39 Å². The molecule has 21 heavy (non-hydrogen) atoms. The van der Waals surface area contributed by atoms with Gasteiger partial charge < -0.3 is 5.32 Å². The van der Waals surface area contributed by atoms with Crippen LogP contribution in [0, 0.1) is 11.7 Å². The molecule has 0 spiro atoms. The SMILES string of the molecule is CC(C)N(CC1CCCNC1)C1CCc2c(F)cccc21. The fourth-order valence-electron chi connectivity index (χ4n) is 4.01. The summed E-state index contributed by atoms with van der Waals surface area (Å²) >= 11 is 0. The Bertz CT molecular complexity index is 480. The number of hydrogen-bond acceptors (Lipinski definition) is 2. The van der Waals surface area contributed by atoms with Crippen LogP contribution in [0.5, 0.6) is 0 Å². The number of hydrogen-bond donors (Lipinski definition) is 1. The lowest BCUT2D eigenvalue weighted by molar-refractivity contribution is 0.117. The van der Waals surface area contributed by atoms with Crippen molar-refractivity contribution in [1.82, 2.24) is 10.2 Å². The molecule has 3 heteroatoms. The van der Waals surface area contributed by atoms with E-state index < -0.39 is 0 Å². The summed E-state index contributed by atoms with van der Waals surface area (Å²) in [5.41, 5.74) is 2.18. The van der Waals surface area contributed by atoms with Crippen LogP contribution < -0.4 is 5.32 Å². The minimum Gasteiger partial charge on any atom is -0.316 e. The minimum atomic E-state index is -0.0157. The topological polar surface area (TPSA) is 15.3 Å². The predicted octanol–water partition coefficient (Wildman–Crippen LogP) is 3.52. The Kier molecular flexibility index (Phi) is 4.60. The van der Waals surface area contributed by atoms with Gasteiger partial charge in [0, 0.05) is 18.6 Å². The predicted molar refractivity (Wildman–Crippen MR) is 84.9 cm³/mol. The van der Waals surface area contributed by atoms with Gasteiger partial charge in [-0.15, -0.1) is 0 Å². The third-order valence-electron chi connectivity index (χ3n) is 5.11. The molecule has 2 aliphatic rings. The largest absolute Gasteiger partial charge is 0.316 e. The third kappa shape index (κ3) is 3.14. The molecule has 0 bridgehead atoms. The first-order valence-electron chi connectivity index (χ1n) is 8.40. The fourth-order valence-corrected chi connectivity index (χ4v) is 4.01. The van der Waals surface area contributed by atoms with Crippen molar-refractivity contribution in [3.05, 3.63) is 35.1 Å². The van der Waals surface area contributed by atoms with E-state index in [1.54, 1.807) is 6.07 Å². The molecule has 1 aliphatic carbocycles. The van der Waals surface area contributed by atoms with Crippen LogP contribution >= 0.6 is 0 Å². The first-order valence-corrected chi connectivity index (χ1v) is 8.40. The lowest BCUT2D eigenvalue weighted by atomic mass is 9.96. The molecular weight excluding hydrogens is 263 g/mol. The van der Waals surface area contributed by atoms with E-state index in [4.69, 9.17) is 0 Å². The van der Waals surface area contributed by atoms with Crippen molar-refractivity contribution in [3.63, 3.8) is 0 Å². The molecule has 1 saturated heterocycles.